The molecule has 3 N–H and O–H groups in total. The van der Waals surface area contributed by atoms with E-state index in [0.717, 1.165) is 6.42 Å². The highest BCUT2D eigenvalue weighted by Crippen LogP contribution is 2.39. The van der Waals surface area contributed by atoms with E-state index in [-0.39, 0.29) is 11.9 Å². The molecule has 0 spiro atoms. The summed E-state index contributed by atoms with van der Waals surface area (Å²) < 4.78 is 0. The Morgan fingerprint density at radius 3 is 2.30 bits per heavy atom. The van der Waals surface area contributed by atoms with Gasteiger partial charge in [-0.3, -0.25) is 9.69 Å². The normalized spacial score (nSPS) is 27.3. The molecule has 1 unspecified atom stereocenters. The van der Waals surface area contributed by atoms with Crippen LogP contribution in [-0.4, -0.2) is 41.4 Å². The van der Waals surface area contributed by atoms with E-state index in [4.69, 9.17) is 10.7 Å². The summed E-state index contributed by atoms with van der Waals surface area (Å²) in [5.41, 5.74) is 6.71. The maximum absolute atomic E-state index is 13.7. The van der Waals surface area contributed by atoms with Gasteiger partial charge in [0.25, 0.3) is 5.91 Å². The fourth-order valence-corrected chi connectivity index (χ4v) is 5.88. The van der Waals surface area contributed by atoms with E-state index < -0.39 is 5.54 Å². The zero-order valence-corrected chi connectivity index (χ0v) is 18.5. The first-order valence-corrected chi connectivity index (χ1v) is 12.0. The first-order chi connectivity index (χ1) is 14.6. The van der Waals surface area contributed by atoms with Gasteiger partial charge in [-0.1, -0.05) is 68.9 Å². The zero-order valence-electron chi connectivity index (χ0n) is 18.5. The molecular formula is C25H38N4O. The van der Waals surface area contributed by atoms with Crippen LogP contribution in [0.1, 0.15) is 76.2 Å². The first-order valence-electron chi connectivity index (χ1n) is 12.0. The number of aliphatic imine (C=N–C) groups is 1. The molecule has 0 aromatic heterocycles. The van der Waals surface area contributed by atoms with Gasteiger partial charge in [0.2, 0.25) is 0 Å². The average molecular weight is 411 g/mol. The predicted molar refractivity (Wildman–Crippen MR) is 122 cm³/mol. The Morgan fingerprint density at radius 2 is 1.70 bits per heavy atom. The molecule has 30 heavy (non-hydrogen) atoms. The van der Waals surface area contributed by atoms with Crippen LogP contribution in [0.2, 0.25) is 0 Å². The minimum Gasteiger partial charge on any atom is -0.369 e. The Hall–Kier alpha value is -1.88. The Morgan fingerprint density at radius 1 is 1.07 bits per heavy atom. The van der Waals surface area contributed by atoms with Gasteiger partial charge in [-0.2, -0.15) is 0 Å². The molecular weight excluding hydrogens is 372 g/mol. The summed E-state index contributed by atoms with van der Waals surface area (Å²) in [6.07, 6.45) is 14.1. The van der Waals surface area contributed by atoms with E-state index in [2.05, 4.69) is 29.6 Å². The smallest absolute Gasteiger partial charge is 0.258 e. The third kappa shape index (κ3) is 4.41. The monoisotopic (exact) mass is 410 g/mol. The number of rotatable bonds is 7. The molecule has 2 atom stereocenters. The second kappa shape index (κ2) is 9.51. The molecule has 2 fully saturated rings. The van der Waals surface area contributed by atoms with Gasteiger partial charge in [0.1, 0.15) is 0 Å². The van der Waals surface area contributed by atoms with Crippen LogP contribution in [0, 0.1) is 5.92 Å². The number of aryl methyl sites for hydroxylation is 1. The highest BCUT2D eigenvalue weighted by molar-refractivity contribution is 6.07. The fraction of sp³-hybridized carbons (Fsp3) is 0.680. The van der Waals surface area contributed by atoms with Crippen LogP contribution < -0.4 is 11.1 Å². The minimum absolute atomic E-state index is 0.0700. The molecule has 0 bridgehead atoms. The summed E-state index contributed by atoms with van der Waals surface area (Å²) in [6.45, 7) is 0. The number of guanidine groups is 1. The maximum atomic E-state index is 13.7. The molecule has 0 saturated heterocycles. The third-order valence-corrected chi connectivity index (χ3v) is 7.63. The van der Waals surface area contributed by atoms with E-state index >= 15 is 0 Å². The van der Waals surface area contributed by atoms with Gasteiger partial charge >= 0.3 is 0 Å². The second-order valence-electron chi connectivity index (χ2n) is 9.62. The number of likely N-dealkylation sites (N-methyl/N-ethyl adjacent to an activating group) is 1. The summed E-state index contributed by atoms with van der Waals surface area (Å²) in [5.74, 6) is 0.942. The largest absolute Gasteiger partial charge is 0.369 e. The van der Waals surface area contributed by atoms with Crippen molar-refractivity contribution in [3.8, 4) is 0 Å². The summed E-state index contributed by atoms with van der Waals surface area (Å²) in [5, 5.41) is 4.01. The van der Waals surface area contributed by atoms with Crippen LogP contribution in [0.4, 0.5) is 0 Å². The summed E-state index contributed by atoms with van der Waals surface area (Å²) in [6, 6.07) is 11.0. The van der Waals surface area contributed by atoms with Crippen LogP contribution in [0.25, 0.3) is 0 Å². The van der Waals surface area contributed by atoms with Gasteiger partial charge in [0.15, 0.2) is 11.5 Å². The van der Waals surface area contributed by atoms with Crippen molar-refractivity contribution in [2.75, 3.05) is 7.05 Å². The Labute approximate surface area is 181 Å². The number of carbonyl (C=O) groups excluding carboxylic acids is 1. The summed E-state index contributed by atoms with van der Waals surface area (Å²) in [4.78, 5) is 20.2. The molecule has 1 aromatic carbocycles. The topological polar surface area (TPSA) is 70.7 Å². The second-order valence-corrected chi connectivity index (χ2v) is 9.62. The number of nitrogens with zero attached hydrogens (tertiary/aromatic N) is 2. The molecule has 1 aliphatic heterocycles. The molecule has 2 saturated carbocycles. The molecule has 2 aliphatic carbocycles. The number of amides is 1. The zero-order chi connectivity index (χ0) is 21.0. The van der Waals surface area contributed by atoms with Gasteiger partial charge in [0.05, 0.1) is 0 Å². The SMILES string of the molecule is CN1C(=O)[C@@](CCc2ccccc2)(C(NC2CCCCC2)C2CCCCC2)N=C1N. The lowest BCUT2D eigenvalue weighted by Crippen LogP contribution is -2.61. The van der Waals surface area contributed by atoms with Crippen LogP contribution in [-0.2, 0) is 11.2 Å². The summed E-state index contributed by atoms with van der Waals surface area (Å²) in [7, 11) is 1.78. The van der Waals surface area contributed by atoms with E-state index in [0.29, 0.717) is 24.3 Å². The summed E-state index contributed by atoms with van der Waals surface area (Å²) >= 11 is 0. The Kier molecular flexibility index (Phi) is 6.77. The van der Waals surface area contributed by atoms with Gasteiger partial charge in [0, 0.05) is 19.1 Å². The maximum Gasteiger partial charge on any atom is 0.258 e. The van der Waals surface area contributed by atoms with Crippen molar-refractivity contribution in [3.63, 3.8) is 0 Å². The van der Waals surface area contributed by atoms with E-state index in [1.54, 1.807) is 11.9 Å². The number of carbonyl (C=O) groups is 1. The van der Waals surface area contributed by atoms with Crippen molar-refractivity contribution < 1.29 is 4.79 Å². The van der Waals surface area contributed by atoms with Crippen molar-refractivity contribution in [1.82, 2.24) is 10.2 Å². The van der Waals surface area contributed by atoms with Crippen molar-refractivity contribution in [2.24, 2.45) is 16.6 Å². The van der Waals surface area contributed by atoms with Crippen molar-refractivity contribution >= 4 is 11.9 Å². The highest BCUT2D eigenvalue weighted by Gasteiger charge is 2.54. The van der Waals surface area contributed by atoms with E-state index in [1.807, 2.05) is 6.07 Å². The molecule has 1 heterocycles. The van der Waals surface area contributed by atoms with E-state index in [9.17, 15) is 4.79 Å². The number of hydrogen-bond donors (Lipinski definition) is 2. The lowest BCUT2D eigenvalue weighted by molar-refractivity contribution is -0.132. The molecule has 0 radical (unpaired) electrons. The standard InChI is InChI=1S/C25H38N4O/c1-29-23(30)25(28-24(29)26,18-17-19-11-5-2-6-12-19)22(20-13-7-3-8-14-20)27-21-15-9-4-10-16-21/h2,5-6,11-12,20-22,27H,3-4,7-10,13-18H2,1H3,(H2,26,28)/t22?,25-/m1/s1. The van der Waals surface area contributed by atoms with Gasteiger partial charge < -0.3 is 11.1 Å². The van der Waals surface area contributed by atoms with Crippen molar-refractivity contribution in [1.29, 1.82) is 0 Å². The van der Waals surface area contributed by atoms with E-state index in [1.165, 1.54) is 69.8 Å². The number of hydrogen-bond acceptors (Lipinski definition) is 4. The van der Waals surface area contributed by atoms with Crippen molar-refractivity contribution in [3.05, 3.63) is 35.9 Å². The van der Waals surface area contributed by atoms with Gasteiger partial charge in [-0.15, -0.1) is 0 Å². The molecule has 164 valence electrons. The number of nitrogens with two attached hydrogens (primary N) is 1. The first kappa shape index (κ1) is 21.4. The van der Waals surface area contributed by atoms with Crippen LogP contribution in [0.5, 0.6) is 0 Å². The van der Waals surface area contributed by atoms with Crippen LogP contribution >= 0.6 is 0 Å². The van der Waals surface area contributed by atoms with Gasteiger partial charge in [-0.05, 0) is 50.0 Å². The number of nitrogens with one attached hydrogen (secondary N) is 1. The van der Waals surface area contributed by atoms with Crippen molar-refractivity contribution in [2.45, 2.75) is 94.7 Å². The molecule has 1 amide bonds. The lowest BCUT2D eigenvalue weighted by atomic mass is 9.72. The highest BCUT2D eigenvalue weighted by atomic mass is 16.2. The minimum atomic E-state index is -0.784. The third-order valence-electron chi connectivity index (χ3n) is 7.63. The van der Waals surface area contributed by atoms with Crippen LogP contribution in [0.15, 0.2) is 35.3 Å². The molecule has 3 aliphatic rings. The number of benzene rings is 1. The molecule has 1 aromatic rings. The molecule has 5 nitrogen and oxygen atoms in total. The van der Waals surface area contributed by atoms with Gasteiger partial charge in [-0.25, -0.2) is 4.99 Å². The molecule has 4 rings (SSSR count). The predicted octanol–water partition coefficient (Wildman–Crippen LogP) is 4.02. The Balaban J connectivity index is 1.65. The average Bonchev–Trinajstić information content (AvgIpc) is 3.02. The quantitative estimate of drug-likeness (QED) is 0.713. The van der Waals surface area contributed by atoms with Crippen LogP contribution in [0.3, 0.4) is 0 Å². The lowest BCUT2D eigenvalue weighted by Gasteiger charge is -2.43. The Bertz CT molecular complexity index is 737. The fourth-order valence-electron chi connectivity index (χ4n) is 5.88. The molecule has 5 heteroatoms.